The zero-order valence-corrected chi connectivity index (χ0v) is 11.7. The molecule has 2 heterocycles. The number of hydrogen-bond acceptors (Lipinski definition) is 4. The molecule has 21 heavy (non-hydrogen) atoms. The molecule has 0 aliphatic carbocycles. The molecule has 0 fully saturated rings. The van der Waals surface area contributed by atoms with Gasteiger partial charge >= 0.3 is 0 Å². The van der Waals surface area contributed by atoms with E-state index in [0.29, 0.717) is 13.1 Å². The molecular weight excluding hydrogens is 260 g/mol. The Morgan fingerprint density at radius 1 is 1.14 bits per heavy atom. The van der Waals surface area contributed by atoms with Crippen LogP contribution >= 0.6 is 0 Å². The monoisotopic (exact) mass is 276 g/mol. The van der Waals surface area contributed by atoms with Crippen LogP contribution in [0.15, 0.2) is 71.3 Å². The van der Waals surface area contributed by atoms with Crippen molar-refractivity contribution in [3.63, 3.8) is 0 Å². The first-order valence-electron chi connectivity index (χ1n) is 6.86. The minimum absolute atomic E-state index is 0.508. The molecule has 1 aromatic carbocycles. The largest absolute Gasteiger partial charge is 0.368 e. The maximum absolute atomic E-state index is 4.70. The SMILES string of the molecule is C=CCNC1=Nc2cccnc2C(c2ccccc2)=NC1. The molecule has 3 rings (SSSR count). The highest BCUT2D eigenvalue weighted by Crippen LogP contribution is 2.22. The maximum Gasteiger partial charge on any atom is 0.124 e. The fraction of sp³-hybridized carbons (Fsp3) is 0.118. The van der Waals surface area contributed by atoms with Crippen LogP contribution in [0.4, 0.5) is 5.69 Å². The van der Waals surface area contributed by atoms with Gasteiger partial charge in [-0.05, 0) is 12.1 Å². The van der Waals surface area contributed by atoms with Crippen molar-refractivity contribution in [2.24, 2.45) is 9.98 Å². The average Bonchev–Trinajstić information content (AvgIpc) is 2.73. The standard InChI is InChI=1S/C17H16N4/c1-2-10-18-15-12-20-16(13-7-4-3-5-8-13)17-14(21-15)9-6-11-19-17/h2-9,11H,1,10,12H2,(H,18,21). The van der Waals surface area contributed by atoms with Crippen molar-refractivity contribution < 1.29 is 0 Å². The Hall–Kier alpha value is -2.75. The molecule has 0 amide bonds. The van der Waals surface area contributed by atoms with Crippen molar-refractivity contribution in [2.45, 2.75) is 0 Å². The molecule has 0 spiro atoms. The molecule has 0 bridgehead atoms. The van der Waals surface area contributed by atoms with Crippen molar-refractivity contribution in [3.8, 4) is 0 Å². The maximum atomic E-state index is 4.70. The number of pyridine rings is 1. The van der Waals surface area contributed by atoms with Crippen LogP contribution in [0.25, 0.3) is 0 Å². The summed E-state index contributed by atoms with van der Waals surface area (Å²) in [5, 5.41) is 3.22. The van der Waals surface area contributed by atoms with Crippen molar-refractivity contribution in [3.05, 3.63) is 72.6 Å². The second-order valence-electron chi connectivity index (χ2n) is 4.63. The molecule has 2 aromatic rings. The minimum atomic E-state index is 0.508. The lowest BCUT2D eigenvalue weighted by Crippen LogP contribution is -2.25. The van der Waals surface area contributed by atoms with Crippen LogP contribution in [-0.2, 0) is 0 Å². The lowest BCUT2D eigenvalue weighted by Gasteiger charge is -2.06. The van der Waals surface area contributed by atoms with E-state index in [1.165, 1.54) is 0 Å². The Balaban J connectivity index is 2.05. The number of aromatic nitrogens is 1. The summed E-state index contributed by atoms with van der Waals surface area (Å²) < 4.78 is 0. The molecular formula is C17H16N4. The van der Waals surface area contributed by atoms with E-state index in [1.54, 1.807) is 12.3 Å². The van der Waals surface area contributed by atoms with Gasteiger partial charge < -0.3 is 5.32 Å². The molecule has 0 saturated heterocycles. The summed E-state index contributed by atoms with van der Waals surface area (Å²) in [5.74, 6) is 0.829. The molecule has 1 aliphatic heterocycles. The number of rotatable bonds is 3. The third-order valence-electron chi connectivity index (χ3n) is 3.15. The van der Waals surface area contributed by atoms with E-state index in [0.717, 1.165) is 28.5 Å². The summed E-state index contributed by atoms with van der Waals surface area (Å²) in [6, 6.07) is 13.9. The average molecular weight is 276 g/mol. The van der Waals surface area contributed by atoms with Gasteiger partial charge in [0.1, 0.15) is 11.5 Å². The molecule has 0 saturated carbocycles. The van der Waals surface area contributed by atoms with Gasteiger partial charge in [-0.3, -0.25) is 9.98 Å². The Bertz CT molecular complexity index is 702. The van der Waals surface area contributed by atoms with Crippen LogP contribution in [0.2, 0.25) is 0 Å². The molecule has 0 radical (unpaired) electrons. The van der Waals surface area contributed by atoms with E-state index >= 15 is 0 Å². The van der Waals surface area contributed by atoms with Gasteiger partial charge in [-0.15, -0.1) is 6.58 Å². The van der Waals surface area contributed by atoms with Crippen molar-refractivity contribution in [1.29, 1.82) is 0 Å². The molecule has 104 valence electrons. The quantitative estimate of drug-likeness (QED) is 0.876. The lowest BCUT2D eigenvalue weighted by atomic mass is 10.1. The van der Waals surface area contributed by atoms with Gasteiger partial charge in [-0.1, -0.05) is 36.4 Å². The van der Waals surface area contributed by atoms with Crippen LogP contribution in [-0.4, -0.2) is 29.6 Å². The summed E-state index contributed by atoms with van der Waals surface area (Å²) in [5.41, 5.74) is 3.59. The zero-order chi connectivity index (χ0) is 14.5. The highest BCUT2D eigenvalue weighted by molar-refractivity contribution is 6.16. The number of aliphatic imine (C=N–C) groups is 2. The van der Waals surface area contributed by atoms with Crippen molar-refractivity contribution in [2.75, 3.05) is 13.1 Å². The number of amidine groups is 1. The van der Waals surface area contributed by atoms with Gasteiger partial charge in [0.05, 0.1) is 17.9 Å². The highest BCUT2D eigenvalue weighted by atomic mass is 15.0. The first-order valence-corrected chi connectivity index (χ1v) is 6.86. The fourth-order valence-electron chi connectivity index (χ4n) is 2.19. The molecule has 1 aliphatic rings. The van der Waals surface area contributed by atoms with Crippen LogP contribution in [0.1, 0.15) is 11.3 Å². The fourth-order valence-corrected chi connectivity index (χ4v) is 2.19. The molecule has 0 unspecified atom stereocenters. The normalized spacial score (nSPS) is 13.5. The summed E-state index contributed by atoms with van der Waals surface area (Å²) in [7, 11) is 0. The second-order valence-corrected chi connectivity index (χ2v) is 4.63. The Labute approximate surface area is 124 Å². The molecule has 1 N–H and O–H groups in total. The molecule has 4 heteroatoms. The van der Waals surface area contributed by atoms with Crippen LogP contribution in [0.5, 0.6) is 0 Å². The smallest absolute Gasteiger partial charge is 0.124 e. The molecule has 0 atom stereocenters. The van der Waals surface area contributed by atoms with Crippen molar-refractivity contribution in [1.82, 2.24) is 10.3 Å². The predicted octanol–water partition coefficient (Wildman–Crippen LogP) is 2.74. The van der Waals surface area contributed by atoms with Crippen LogP contribution in [0, 0.1) is 0 Å². The van der Waals surface area contributed by atoms with Crippen LogP contribution in [0.3, 0.4) is 0 Å². The van der Waals surface area contributed by atoms with E-state index in [2.05, 4.69) is 21.9 Å². The Morgan fingerprint density at radius 3 is 2.81 bits per heavy atom. The Morgan fingerprint density at radius 2 is 2.00 bits per heavy atom. The summed E-state index contributed by atoms with van der Waals surface area (Å²) >= 11 is 0. The minimum Gasteiger partial charge on any atom is -0.368 e. The van der Waals surface area contributed by atoms with Gasteiger partial charge in [0.25, 0.3) is 0 Å². The number of nitrogens with zero attached hydrogens (tertiary/aromatic N) is 3. The van der Waals surface area contributed by atoms with E-state index in [-0.39, 0.29) is 0 Å². The summed E-state index contributed by atoms with van der Waals surface area (Å²) in [6.45, 7) is 4.89. The predicted molar refractivity (Wildman–Crippen MR) is 86.5 cm³/mol. The van der Waals surface area contributed by atoms with Gasteiger partial charge in [0.2, 0.25) is 0 Å². The van der Waals surface area contributed by atoms with E-state index in [1.807, 2.05) is 42.5 Å². The second kappa shape index (κ2) is 6.13. The van der Waals surface area contributed by atoms with Gasteiger partial charge in [-0.25, -0.2) is 4.99 Å². The van der Waals surface area contributed by atoms with Crippen LogP contribution < -0.4 is 5.32 Å². The summed E-state index contributed by atoms with van der Waals surface area (Å²) in [6.07, 6.45) is 3.58. The third kappa shape index (κ3) is 2.89. The Kier molecular flexibility index (Phi) is 3.87. The van der Waals surface area contributed by atoms with Gasteiger partial charge in [0.15, 0.2) is 0 Å². The highest BCUT2D eigenvalue weighted by Gasteiger charge is 2.16. The molecule has 1 aromatic heterocycles. The van der Waals surface area contributed by atoms with Crippen molar-refractivity contribution >= 4 is 17.2 Å². The summed E-state index contributed by atoms with van der Waals surface area (Å²) in [4.78, 5) is 13.8. The van der Waals surface area contributed by atoms with Gasteiger partial charge in [-0.2, -0.15) is 0 Å². The van der Waals surface area contributed by atoms with E-state index in [9.17, 15) is 0 Å². The van der Waals surface area contributed by atoms with Gasteiger partial charge in [0, 0.05) is 18.3 Å². The first kappa shape index (κ1) is 13.2. The number of fused-ring (bicyclic) bond motifs is 1. The first-order chi connectivity index (χ1) is 10.4. The van der Waals surface area contributed by atoms with E-state index < -0.39 is 0 Å². The number of benzene rings is 1. The lowest BCUT2D eigenvalue weighted by molar-refractivity contribution is 1.01. The third-order valence-corrected chi connectivity index (χ3v) is 3.15. The number of hydrogen-bond donors (Lipinski definition) is 1. The topological polar surface area (TPSA) is 49.6 Å². The zero-order valence-electron chi connectivity index (χ0n) is 11.7. The molecule has 4 nitrogen and oxygen atoms in total. The van der Waals surface area contributed by atoms with E-state index in [4.69, 9.17) is 4.99 Å². The number of nitrogens with one attached hydrogen (secondary N) is 1.